The van der Waals surface area contributed by atoms with Crippen molar-refractivity contribution >= 4 is 17.7 Å². The molecule has 0 spiro atoms. The van der Waals surface area contributed by atoms with E-state index < -0.39 is 47.6 Å². The fraction of sp³-hybridized carbons (Fsp3) is 0.450. The highest BCUT2D eigenvalue weighted by atomic mass is 16.6. The van der Waals surface area contributed by atoms with Crippen LogP contribution in [0.2, 0.25) is 0 Å². The molecule has 2 N–H and O–H groups in total. The highest BCUT2D eigenvalue weighted by Crippen LogP contribution is 2.50. The Morgan fingerprint density at radius 1 is 1.33 bits per heavy atom. The second-order valence-electron chi connectivity index (χ2n) is 7.46. The first-order chi connectivity index (χ1) is 12.5. The number of rotatable bonds is 2. The molecule has 7 nitrogen and oxygen atoms in total. The highest BCUT2D eigenvalue weighted by molar-refractivity contribution is 6.11. The number of fused-ring (bicyclic) bond motifs is 3. The van der Waals surface area contributed by atoms with Crippen molar-refractivity contribution in [1.82, 2.24) is 0 Å². The largest absolute Gasteiger partial charge is 0.454 e. The molecule has 2 aliphatic carbocycles. The van der Waals surface area contributed by atoms with Gasteiger partial charge in [-0.25, -0.2) is 9.59 Å². The summed E-state index contributed by atoms with van der Waals surface area (Å²) < 4.78 is 10.7. The topological polar surface area (TPSA) is 110 Å². The number of ketones is 1. The van der Waals surface area contributed by atoms with Crippen LogP contribution < -0.4 is 0 Å². The van der Waals surface area contributed by atoms with E-state index in [4.69, 9.17) is 9.47 Å². The van der Waals surface area contributed by atoms with E-state index in [1.165, 1.54) is 19.1 Å². The lowest BCUT2D eigenvalue weighted by Gasteiger charge is -2.33. The van der Waals surface area contributed by atoms with Gasteiger partial charge in [-0.3, -0.25) is 4.79 Å². The lowest BCUT2D eigenvalue weighted by Crippen LogP contribution is -2.49. The maximum absolute atomic E-state index is 12.6. The quantitative estimate of drug-likeness (QED) is 0.546. The SMILES string of the molecule is C=C1C(=O)O[C@@H]2[C@@H]1[C@H](O)[C@@H](OC(=O)C=C(C)C)C(C)=C1C(=O)C=C(C)[C@]12O. The van der Waals surface area contributed by atoms with Gasteiger partial charge in [-0.15, -0.1) is 0 Å². The Kier molecular flexibility index (Phi) is 4.48. The van der Waals surface area contributed by atoms with Crippen LogP contribution in [0, 0.1) is 5.92 Å². The summed E-state index contributed by atoms with van der Waals surface area (Å²) in [4.78, 5) is 36.8. The Morgan fingerprint density at radius 2 is 1.96 bits per heavy atom. The first-order valence-electron chi connectivity index (χ1n) is 8.60. The number of hydrogen-bond donors (Lipinski definition) is 2. The van der Waals surface area contributed by atoms with Gasteiger partial charge in [0.25, 0.3) is 0 Å². The summed E-state index contributed by atoms with van der Waals surface area (Å²) in [6, 6.07) is 0. The molecule has 7 heteroatoms. The Balaban J connectivity index is 2.18. The molecule has 27 heavy (non-hydrogen) atoms. The number of carbonyl (C=O) groups excluding carboxylic acids is 3. The number of ether oxygens (including phenoxy) is 2. The second-order valence-corrected chi connectivity index (χ2v) is 7.46. The number of allylic oxidation sites excluding steroid dienone is 2. The first-order valence-corrected chi connectivity index (χ1v) is 8.60. The smallest absolute Gasteiger partial charge is 0.334 e. The summed E-state index contributed by atoms with van der Waals surface area (Å²) in [7, 11) is 0. The van der Waals surface area contributed by atoms with Gasteiger partial charge in [0.15, 0.2) is 17.5 Å². The van der Waals surface area contributed by atoms with Gasteiger partial charge in [0.2, 0.25) is 0 Å². The third-order valence-electron chi connectivity index (χ3n) is 5.36. The zero-order chi connectivity index (χ0) is 20.3. The predicted octanol–water partition coefficient (Wildman–Crippen LogP) is 0.913. The van der Waals surface area contributed by atoms with Crippen LogP contribution in [0.3, 0.4) is 0 Å². The van der Waals surface area contributed by atoms with E-state index in [0.29, 0.717) is 11.1 Å². The second kappa shape index (κ2) is 6.28. The minimum atomic E-state index is -1.90. The summed E-state index contributed by atoms with van der Waals surface area (Å²) in [6.45, 7) is 10.2. The van der Waals surface area contributed by atoms with Crippen LogP contribution in [0.15, 0.2) is 46.6 Å². The molecule has 0 aromatic heterocycles. The van der Waals surface area contributed by atoms with Crippen LogP contribution in [-0.2, 0) is 23.9 Å². The van der Waals surface area contributed by atoms with E-state index >= 15 is 0 Å². The molecule has 0 aromatic rings. The number of esters is 2. The number of aliphatic hydroxyl groups excluding tert-OH is 1. The fourth-order valence-electron chi connectivity index (χ4n) is 4.08. The van der Waals surface area contributed by atoms with E-state index in [9.17, 15) is 24.6 Å². The molecule has 0 bridgehead atoms. The Hall–Kier alpha value is -2.51. The zero-order valence-corrected chi connectivity index (χ0v) is 15.6. The molecular weight excluding hydrogens is 352 g/mol. The molecule has 3 rings (SSSR count). The van der Waals surface area contributed by atoms with Crippen LogP contribution in [0.5, 0.6) is 0 Å². The molecule has 0 unspecified atom stereocenters. The first kappa shape index (κ1) is 19.3. The molecule has 3 aliphatic rings. The summed E-state index contributed by atoms with van der Waals surface area (Å²) in [5.41, 5.74) is -0.769. The van der Waals surface area contributed by atoms with Crippen molar-refractivity contribution < 1.29 is 34.1 Å². The fourth-order valence-corrected chi connectivity index (χ4v) is 4.08. The Labute approximate surface area is 156 Å². The van der Waals surface area contributed by atoms with Gasteiger partial charge in [-0.2, -0.15) is 0 Å². The molecule has 1 aliphatic heterocycles. The maximum atomic E-state index is 12.6. The minimum Gasteiger partial charge on any atom is -0.454 e. The molecular formula is C20H22O7. The van der Waals surface area contributed by atoms with Crippen molar-refractivity contribution in [1.29, 1.82) is 0 Å². The van der Waals surface area contributed by atoms with Crippen LogP contribution >= 0.6 is 0 Å². The summed E-state index contributed by atoms with van der Waals surface area (Å²) in [5.74, 6) is -2.98. The average molecular weight is 374 g/mol. The maximum Gasteiger partial charge on any atom is 0.334 e. The summed E-state index contributed by atoms with van der Waals surface area (Å²) in [5, 5.41) is 22.3. The molecule has 144 valence electrons. The van der Waals surface area contributed by atoms with Gasteiger partial charge >= 0.3 is 11.9 Å². The molecule has 0 amide bonds. The van der Waals surface area contributed by atoms with Gasteiger partial charge in [-0.1, -0.05) is 12.2 Å². The Morgan fingerprint density at radius 3 is 2.56 bits per heavy atom. The third-order valence-corrected chi connectivity index (χ3v) is 5.36. The highest BCUT2D eigenvalue weighted by Gasteiger charge is 2.63. The zero-order valence-electron chi connectivity index (χ0n) is 15.6. The van der Waals surface area contributed by atoms with Crippen LogP contribution in [0.1, 0.15) is 27.7 Å². The normalized spacial score (nSPS) is 35.2. The minimum absolute atomic E-state index is 0.0367. The predicted molar refractivity (Wildman–Crippen MR) is 94.2 cm³/mol. The average Bonchev–Trinajstić information content (AvgIpc) is 2.95. The third kappa shape index (κ3) is 2.69. The van der Waals surface area contributed by atoms with E-state index in [1.807, 2.05) is 0 Å². The van der Waals surface area contributed by atoms with Gasteiger partial charge in [0.1, 0.15) is 12.2 Å². The molecule has 0 aromatic carbocycles. The number of carbonyl (C=O) groups is 3. The molecule has 1 fully saturated rings. The van der Waals surface area contributed by atoms with Gasteiger partial charge < -0.3 is 19.7 Å². The molecule has 1 heterocycles. The molecule has 5 atom stereocenters. The molecule has 0 saturated carbocycles. The standard InChI is InChI=1S/C20H22O7/c1-8(2)6-13(22)26-17-11(5)15-12(21)7-9(3)20(15,25)18-14(16(17)23)10(4)19(24)27-18/h6-7,14,16-18,23,25H,4H2,1-3,5H3/t14-,16-,17-,18+,20-/m0/s1. The van der Waals surface area contributed by atoms with Crippen molar-refractivity contribution in [2.75, 3.05) is 0 Å². The number of aliphatic hydroxyl groups is 2. The monoisotopic (exact) mass is 374 g/mol. The number of hydrogen-bond acceptors (Lipinski definition) is 7. The van der Waals surface area contributed by atoms with Crippen molar-refractivity contribution in [3.63, 3.8) is 0 Å². The van der Waals surface area contributed by atoms with Gasteiger partial charge in [0.05, 0.1) is 5.92 Å². The van der Waals surface area contributed by atoms with Crippen LogP contribution in [0.25, 0.3) is 0 Å². The molecule has 0 radical (unpaired) electrons. The Bertz CT molecular complexity index is 856. The summed E-state index contributed by atoms with van der Waals surface area (Å²) in [6.07, 6.45) is -1.36. The van der Waals surface area contributed by atoms with E-state index in [0.717, 1.165) is 0 Å². The van der Waals surface area contributed by atoms with Crippen molar-refractivity contribution in [3.05, 3.63) is 46.6 Å². The molecule has 1 saturated heterocycles. The van der Waals surface area contributed by atoms with E-state index in [1.54, 1.807) is 20.8 Å². The van der Waals surface area contributed by atoms with Gasteiger partial charge in [0, 0.05) is 17.2 Å². The van der Waals surface area contributed by atoms with Gasteiger partial charge in [-0.05, 0) is 44.9 Å². The van der Waals surface area contributed by atoms with Crippen LogP contribution in [0.4, 0.5) is 0 Å². The van der Waals surface area contributed by atoms with Crippen molar-refractivity contribution in [2.24, 2.45) is 5.92 Å². The lowest BCUT2D eigenvalue weighted by molar-refractivity contribution is -0.153. The van der Waals surface area contributed by atoms with Crippen molar-refractivity contribution in [3.8, 4) is 0 Å². The summed E-state index contributed by atoms with van der Waals surface area (Å²) >= 11 is 0. The van der Waals surface area contributed by atoms with Crippen molar-refractivity contribution in [2.45, 2.75) is 51.6 Å². The lowest BCUT2D eigenvalue weighted by atomic mass is 9.78. The van der Waals surface area contributed by atoms with Crippen LogP contribution in [-0.4, -0.2) is 51.8 Å². The van der Waals surface area contributed by atoms with E-state index in [2.05, 4.69) is 6.58 Å². The van der Waals surface area contributed by atoms with E-state index in [-0.39, 0.29) is 16.7 Å².